The fraction of sp³-hybridized carbons (Fsp3) is 0.348. The Morgan fingerprint density at radius 2 is 1.79 bits per heavy atom. The lowest BCUT2D eigenvalue weighted by molar-refractivity contribution is -0.122. The maximum atomic E-state index is 12.5. The predicted molar refractivity (Wildman–Crippen MR) is 111 cm³/mol. The van der Waals surface area contributed by atoms with E-state index in [9.17, 15) is 9.59 Å². The topological polar surface area (TPSA) is 74.8 Å². The van der Waals surface area contributed by atoms with Gasteiger partial charge in [0.05, 0.1) is 17.1 Å². The van der Waals surface area contributed by atoms with Crippen LogP contribution in [-0.4, -0.2) is 21.7 Å². The molecule has 1 aromatic heterocycles. The number of hydrogen-bond donors (Lipinski definition) is 2. The molecule has 2 N–H and O–H groups in total. The second-order valence-electron chi connectivity index (χ2n) is 7.65. The number of carbonyl (C=O) groups excluding carboxylic acids is 2. The lowest BCUT2D eigenvalue weighted by Gasteiger charge is -2.20. The summed E-state index contributed by atoms with van der Waals surface area (Å²) in [6.45, 7) is 8.08. The van der Waals surface area contributed by atoms with Crippen LogP contribution < -0.4 is 5.32 Å². The van der Waals surface area contributed by atoms with Gasteiger partial charge in [0, 0.05) is 18.4 Å². The SMILES string of the molecule is Cc1ccc(C(=O)CCC(=O)N[C@H](c2nc3ccccc3[nH]2)C(C)C)cc1C. The Labute approximate surface area is 165 Å². The first-order valence-electron chi connectivity index (χ1n) is 9.69. The molecule has 0 radical (unpaired) electrons. The highest BCUT2D eigenvalue weighted by Gasteiger charge is 2.22. The summed E-state index contributed by atoms with van der Waals surface area (Å²) in [4.78, 5) is 32.8. The number of fused-ring (bicyclic) bond motifs is 1. The lowest BCUT2D eigenvalue weighted by Crippen LogP contribution is -2.32. The molecule has 28 heavy (non-hydrogen) atoms. The molecule has 2 aromatic carbocycles. The van der Waals surface area contributed by atoms with Crippen LogP contribution in [0.1, 0.15) is 60.0 Å². The second-order valence-corrected chi connectivity index (χ2v) is 7.65. The van der Waals surface area contributed by atoms with Gasteiger partial charge in [-0.05, 0) is 49.1 Å². The Balaban J connectivity index is 1.64. The monoisotopic (exact) mass is 377 g/mol. The Morgan fingerprint density at radius 1 is 1.04 bits per heavy atom. The third kappa shape index (κ3) is 4.47. The molecule has 0 unspecified atom stereocenters. The van der Waals surface area contributed by atoms with Gasteiger partial charge in [-0.1, -0.05) is 38.1 Å². The van der Waals surface area contributed by atoms with E-state index in [0.717, 1.165) is 28.0 Å². The summed E-state index contributed by atoms with van der Waals surface area (Å²) in [6, 6.07) is 13.2. The number of carbonyl (C=O) groups is 2. The summed E-state index contributed by atoms with van der Waals surface area (Å²) in [5.41, 5.74) is 4.72. The van der Waals surface area contributed by atoms with Crippen molar-refractivity contribution in [3.63, 3.8) is 0 Å². The number of imidazole rings is 1. The van der Waals surface area contributed by atoms with Gasteiger partial charge < -0.3 is 10.3 Å². The number of amides is 1. The van der Waals surface area contributed by atoms with Crippen molar-refractivity contribution >= 4 is 22.7 Å². The molecular formula is C23H27N3O2. The number of hydrogen-bond acceptors (Lipinski definition) is 3. The molecule has 0 aliphatic heterocycles. The summed E-state index contributed by atoms with van der Waals surface area (Å²) in [5, 5.41) is 3.04. The lowest BCUT2D eigenvalue weighted by atomic mass is 10.0. The minimum absolute atomic E-state index is 0.0110. The van der Waals surface area contributed by atoms with Gasteiger partial charge in [-0.25, -0.2) is 4.98 Å². The molecule has 0 fully saturated rings. The highest BCUT2D eigenvalue weighted by molar-refractivity contribution is 5.98. The summed E-state index contributed by atoms with van der Waals surface area (Å²) >= 11 is 0. The highest BCUT2D eigenvalue weighted by atomic mass is 16.2. The number of aryl methyl sites for hydroxylation is 2. The number of H-pyrrole nitrogens is 1. The van der Waals surface area contributed by atoms with Gasteiger partial charge in [0.1, 0.15) is 5.82 Å². The molecule has 0 aliphatic rings. The van der Waals surface area contributed by atoms with Crippen LogP contribution in [0.4, 0.5) is 0 Å². The molecule has 0 saturated heterocycles. The Hall–Kier alpha value is -2.95. The molecule has 5 nitrogen and oxygen atoms in total. The Bertz CT molecular complexity index is 971. The molecule has 0 bridgehead atoms. The van der Waals surface area contributed by atoms with Crippen molar-refractivity contribution in [2.45, 2.75) is 46.6 Å². The minimum atomic E-state index is -0.225. The molecule has 3 aromatic rings. The van der Waals surface area contributed by atoms with Gasteiger partial charge in [0.15, 0.2) is 5.78 Å². The standard InChI is InChI=1S/C23H27N3O2/c1-14(2)22(23-24-18-7-5-6-8-19(18)25-23)26-21(28)12-11-20(27)17-10-9-15(3)16(4)13-17/h5-10,13-14,22H,11-12H2,1-4H3,(H,24,25)(H,26,28)/t22-/m0/s1. The third-order valence-electron chi connectivity index (χ3n) is 5.09. The maximum Gasteiger partial charge on any atom is 0.221 e. The number of nitrogens with zero attached hydrogens (tertiary/aromatic N) is 1. The van der Waals surface area contributed by atoms with Gasteiger partial charge in [0.2, 0.25) is 5.91 Å². The Kier molecular flexibility index (Phi) is 5.93. The molecule has 5 heteroatoms. The van der Waals surface area contributed by atoms with Crippen LogP contribution in [0, 0.1) is 19.8 Å². The van der Waals surface area contributed by atoms with Crippen LogP contribution >= 0.6 is 0 Å². The molecule has 0 spiro atoms. The summed E-state index contributed by atoms with van der Waals surface area (Å²) in [7, 11) is 0. The fourth-order valence-corrected chi connectivity index (χ4v) is 3.20. The number of Topliss-reactive ketones (excluding diaryl/α,β-unsaturated/α-hetero) is 1. The number of rotatable bonds is 7. The first-order valence-corrected chi connectivity index (χ1v) is 9.69. The second kappa shape index (κ2) is 8.38. The van der Waals surface area contributed by atoms with E-state index in [4.69, 9.17) is 0 Å². The van der Waals surface area contributed by atoms with Gasteiger partial charge >= 0.3 is 0 Å². The molecule has 1 amide bonds. The number of para-hydroxylation sites is 2. The van der Waals surface area contributed by atoms with Crippen LogP contribution in [0.25, 0.3) is 11.0 Å². The Morgan fingerprint density at radius 3 is 2.46 bits per heavy atom. The van der Waals surface area contributed by atoms with Crippen molar-refractivity contribution in [2.75, 3.05) is 0 Å². The van der Waals surface area contributed by atoms with E-state index < -0.39 is 0 Å². The maximum absolute atomic E-state index is 12.5. The molecule has 1 heterocycles. The molecule has 0 saturated carbocycles. The van der Waals surface area contributed by atoms with Gasteiger partial charge in [0.25, 0.3) is 0 Å². The van der Waals surface area contributed by atoms with Crippen LogP contribution in [0.15, 0.2) is 42.5 Å². The number of benzene rings is 2. The first kappa shape index (κ1) is 19.8. The normalized spacial score (nSPS) is 12.3. The molecular weight excluding hydrogens is 350 g/mol. The fourth-order valence-electron chi connectivity index (χ4n) is 3.20. The third-order valence-corrected chi connectivity index (χ3v) is 5.09. The summed E-state index contributed by atoms with van der Waals surface area (Å²) < 4.78 is 0. The van der Waals surface area contributed by atoms with Crippen LogP contribution in [0.2, 0.25) is 0 Å². The van der Waals surface area contributed by atoms with E-state index in [1.54, 1.807) is 0 Å². The smallest absolute Gasteiger partial charge is 0.221 e. The zero-order valence-corrected chi connectivity index (χ0v) is 16.9. The molecule has 1 atom stereocenters. The van der Waals surface area contributed by atoms with Crippen molar-refractivity contribution in [3.8, 4) is 0 Å². The van der Waals surface area contributed by atoms with Crippen molar-refractivity contribution in [3.05, 3.63) is 65.0 Å². The van der Waals surface area contributed by atoms with Gasteiger partial charge in [-0.3, -0.25) is 9.59 Å². The van der Waals surface area contributed by atoms with Crippen molar-refractivity contribution in [1.29, 1.82) is 0 Å². The number of nitrogens with one attached hydrogen (secondary N) is 2. The predicted octanol–water partition coefficient (Wildman–Crippen LogP) is 4.66. The number of aromatic nitrogens is 2. The molecule has 0 aliphatic carbocycles. The van der Waals surface area contributed by atoms with E-state index in [2.05, 4.69) is 15.3 Å². The van der Waals surface area contributed by atoms with E-state index >= 15 is 0 Å². The van der Waals surface area contributed by atoms with E-state index in [1.807, 2.05) is 70.2 Å². The minimum Gasteiger partial charge on any atom is -0.346 e. The van der Waals surface area contributed by atoms with E-state index in [1.165, 1.54) is 0 Å². The van der Waals surface area contributed by atoms with Gasteiger partial charge in [-0.2, -0.15) is 0 Å². The summed E-state index contributed by atoms with van der Waals surface area (Å²) in [5.74, 6) is 0.754. The summed E-state index contributed by atoms with van der Waals surface area (Å²) in [6.07, 6.45) is 0.356. The molecule has 3 rings (SSSR count). The van der Waals surface area contributed by atoms with E-state index in [0.29, 0.717) is 5.56 Å². The average molecular weight is 377 g/mol. The van der Waals surface area contributed by atoms with Crippen molar-refractivity contribution in [2.24, 2.45) is 5.92 Å². The van der Waals surface area contributed by atoms with Crippen molar-refractivity contribution in [1.82, 2.24) is 15.3 Å². The zero-order valence-electron chi connectivity index (χ0n) is 16.9. The zero-order chi connectivity index (χ0) is 20.3. The molecule has 146 valence electrons. The van der Waals surface area contributed by atoms with Crippen LogP contribution in [0.5, 0.6) is 0 Å². The first-order chi connectivity index (χ1) is 13.3. The van der Waals surface area contributed by atoms with Crippen molar-refractivity contribution < 1.29 is 9.59 Å². The number of aromatic amines is 1. The largest absolute Gasteiger partial charge is 0.346 e. The highest BCUT2D eigenvalue weighted by Crippen LogP contribution is 2.22. The number of ketones is 1. The van der Waals surface area contributed by atoms with Crippen LogP contribution in [0.3, 0.4) is 0 Å². The van der Waals surface area contributed by atoms with Gasteiger partial charge in [-0.15, -0.1) is 0 Å². The average Bonchev–Trinajstić information content (AvgIpc) is 3.09. The quantitative estimate of drug-likeness (QED) is 0.588. The van der Waals surface area contributed by atoms with E-state index in [-0.39, 0.29) is 36.5 Å². The van der Waals surface area contributed by atoms with Crippen LogP contribution in [-0.2, 0) is 4.79 Å².